The van der Waals surface area contributed by atoms with E-state index in [2.05, 4.69) is 0 Å². The number of nitrogens with zero attached hydrogens (tertiary/aromatic N) is 2. The molecule has 0 bridgehead atoms. The average Bonchev–Trinajstić information content (AvgIpc) is 2.99. The Balaban J connectivity index is 1.88. The first-order valence-electron chi connectivity index (χ1n) is 5.00. The number of fused-ring (bicyclic) bond motifs is 1. The Bertz CT molecular complexity index is 279. The zero-order valence-corrected chi connectivity index (χ0v) is 8.63. The molecule has 3 fully saturated rings. The highest BCUT2D eigenvalue weighted by Crippen LogP contribution is 2.34. The number of amides is 3. The monoisotopic (exact) mass is 212 g/mol. The maximum absolute atomic E-state index is 11.9. The summed E-state index contributed by atoms with van der Waals surface area (Å²) in [5.41, 5.74) is 0. The molecule has 2 saturated heterocycles. The molecule has 1 atom stereocenters. The van der Waals surface area contributed by atoms with Crippen molar-refractivity contribution in [2.45, 2.75) is 24.9 Å². The molecule has 1 unspecified atom stereocenters. The highest BCUT2D eigenvalue weighted by atomic mass is 32.2. The smallest absolute Gasteiger partial charge is 0.311 e. The van der Waals surface area contributed by atoms with Crippen molar-refractivity contribution >= 4 is 23.7 Å². The molecule has 4 nitrogen and oxygen atoms in total. The summed E-state index contributed by atoms with van der Waals surface area (Å²) in [5.74, 6) is 1.80. The summed E-state index contributed by atoms with van der Waals surface area (Å²) >= 11 is 1.77. The van der Waals surface area contributed by atoms with Gasteiger partial charge < -0.3 is 4.90 Å². The van der Waals surface area contributed by atoms with Crippen molar-refractivity contribution in [2.24, 2.45) is 0 Å². The van der Waals surface area contributed by atoms with Crippen molar-refractivity contribution in [3.05, 3.63) is 0 Å². The van der Waals surface area contributed by atoms with E-state index in [0.29, 0.717) is 0 Å². The quantitative estimate of drug-likeness (QED) is 0.595. The van der Waals surface area contributed by atoms with Crippen LogP contribution >= 0.6 is 11.8 Å². The van der Waals surface area contributed by atoms with E-state index in [4.69, 9.17) is 0 Å². The van der Waals surface area contributed by atoms with Gasteiger partial charge in [-0.3, -0.25) is 9.69 Å². The van der Waals surface area contributed by atoms with E-state index >= 15 is 0 Å². The van der Waals surface area contributed by atoms with E-state index in [1.54, 1.807) is 16.7 Å². The van der Waals surface area contributed by atoms with Crippen LogP contribution in [0.4, 0.5) is 4.79 Å². The highest BCUT2D eigenvalue weighted by Gasteiger charge is 2.51. The van der Waals surface area contributed by atoms with E-state index < -0.39 is 0 Å². The second-order valence-electron chi connectivity index (χ2n) is 4.01. The summed E-state index contributed by atoms with van der Waals surface area (Å²) in [5, 5.41) is 0. The van der Waals surface area contributed by atoms with Gasteiger partial charge in [0.05, 0.1) is 0 Å². The minimum absolute atomic E-state index is 0.0391. The molecular weight excluding hydrogens is 200 g/mol. The van der Waals surface area contributed by atoms with Crippen LogP contribution < -0.4 is 0 Å². The zero-order chi connectivity index (χ0) is 9.71. The van der Waals surface area contributed by atoms with Gasteiger partial charge in [-0.1, -0.05) is 0 Å². The number of carbonyl (C=O) groups excluding carboxylic acids is 2. The Labute approximate surface area is 86.6 Å². The fourth-order valence-electron chi connectivity index (χ4n) is 2.10. The Morgan fingerprint density at radius 1 is 1.29 bits per heavy atom. The first-order valence-corrected chi connectivity index (χ1v) is 6.16. The van der Waals surface area contributed by atoms with Gasteiger partial charge in [-0.25, -0.2) is 4.79 Å². The molecule has 76 valence electrons. The summed E-state index contributed by atoms with van der Waals surface area (Å²) in [4.78, 5) is 27.0. The minimum atomic E-state index is -0.151. The Morgan fingerprint density at radius 3 is 2.71 bits per heavy atom. The third-order valence-electron chi connectivity index (χ3n) is 3.01. The van der Waals surface area contributed by atoms with Gasteiger partial charge in [0.1, 0.15) is 6.04 Å². The van der Waals surface area contributed by atoms with Gasteiger partial charge in [0.2, 0.25) is 0 Å². The van der Waals surface area contributed by atoms with Gasteiger partial charge in [-0.2, -0.15) is 11.8 Å². The summed E-state index contributed by atoms with van der Waals surface area (Å²) in [7, 11) is 0. The molecule has 14 heavy (non-hydrogen) atoms. The van der Waals surface area contributed by atoms with Gasteiger partial charge in [0.25, 0.3) is 5.91 Å². The van der Waals surface area contributed by atoms with Crippen LogP contribution in [0.15, 0.2) is 0 Å². The van der Waals surface area contributed by atoms with Crippen molar-refractivity contribution in [3.63, 3.8) is 0 Å². The minimum Gasteiger partial charge on any atom is -0.311 e. The fourth-order valence-corrected chi connectivity index (χ4v) is 3.14. The second kappa shape index (κ2) is 2.89. The molecule has 3 amide bonds. The maximum atomic E-state index is 11.9. The van der Waals surface area contributed by atoms with E-state index in [0.717, 1.165) is 30.9 Å². The lowest BCUT2D eigenvalue weighted by Crippen LogP contribution is -2.41. The Hall–Kier alpha value is -0.710. The van der Waals surface area contributed by atoms with Crippen molar-refractivity contribution in [2.75, 3.05) is 18.1 Å². The predicted molar refractivity (Wildman–Crippen MR) is 53.1 cm³/mol. The molecule has 5 heteroatoms. The lowest BCUT2D eigenvalue weighted by Gasteiger charge is -2.25. The van der Waals surface area contributed by atoms with Crippen LogP contribution in [0.25, 0.3) is 0 Å². The number of carbonyl (C=O) groups is 2. The van der Waals surface area contributed by atoms with Gasteiger partial charge >= 0.3 is 6.03 Å². The molecule has 0 aromatic rings. The van der Waals surface area contributed by atoms with Gasteiger partial charge in [0, 0.05) is 24.1 Å². The zero-order valence-electron chi connectivity index (χ0n) is 7.81. The predicted octanol–water partition coefficient (Wildman–Crippen LogP) is 0.528. The first-order chi connectivity index (χ1) is 6.79. The molecule has 1 saturated carbocycles. The SMILES string of the molecule is O=C1C2CSCCN2C(=O)N1C1CC1. The van der Waals surface area contributed by atoms with E-state index in [1.807, 2.05) is 0 Å². The van der Waals surface area contributed by atoms with Crippen molar-refractivity contribution in [1.82, 2.24) is 9.80 Å². The van der Waals surface area contributed by atoms with Crippen molar-refractivity contribution in [1.29, 1.82) is 0 Å². The van der Waals surface area contributed by atoms with Gasteiger partial charge in [0.15, 0.2) is 0 Å². The molecule has 0 aromatic heterocycles. The van der Waals surface area contributed by atoms with E-state index in [-0.39, 0.29) is 24.0 Å². The number of rotatable bonds is 1. The van der Waals surface area contributed by atoms with Crippen LogP contribution in [0.2, 0.25) is 0 Å². The summed E-state index contributed by atoms with van der Waals surface area (Å²) in [6.07, 6.45) is 2.01. The number of urea groups is 1. The van der Waals surface area contributed by atoms with Crippen molar-refractivity contribution in [3.8, 4) is 0 Å². The molecule has 3 rings (SSSR count). The van der Waals surface area contributed by atoms with Crippen LogP contribution in [-0.2, 0) is 4.79 Å². The molecule has 1 aliphatic carbocycles. The number of hydrogen-bond donors (Lipinski definition) is 0. The third-order valence-corrected chi connectivity index (χ3v) is 4.04. The lowest BCUT2D eigenvalue weighted by atomic mass is 10.3. The summed E-state index contributed by atoms with van der Waals surface area (Å²) in [6.45, 7) is 0.739. The fraction of sp³-hybridized carbons (Fsp3) is 0.778. The number of thioether (sulfide) groups is 1. The van der Waals surface area contributed by atoms with Crippen LogP contribution in [0, 0.1) is 0 Å². The molecule has 3 aliphatic rings. The summed E-state index contributed by atoms with van der Waals surface area (Å²) in [6, 6.07) is 0.0373. The van der Waals surface area contributed by atoms with Crippen LogP contribution in [0.5, 0.6) is 0 Å². The Morgan fingerprint density at radius 2 is 2.07 bits per heavy atom. The van der Waals surface area contributed by atoms with Crippen LogP contribution in [-0.4, -0.2) is 51.9 Å². The molecule has 0 radical (unpaired) electrons. The molecular formula is C9H12N2O2S. The lowest BCUT2D eigenvalue weighted by molar-refractivity contribution is -0.128. The van der Waals surface area contributed by atoms with E-state index in [1.165, 1.54) is 4.90 Å². The highest BCUT2D eigenvalue weighted by molar-refractivity contribution is 7.99. The molecule has 0 spiro atoms. The number of imide groups is 1. The van der Waals surface area contributed by atoms with Crippen LogP contribution in [0.1, 0.15) is 12.8 Å². The molecule has 0 aromatic carbocycles. The largest absolute Gasteiger partial charge is 0.327 e. The standard InChI is InChI=1S/C9H12N2O2S/c12-8-7-5-14-4-3-10(7)9(13)11(8)6-1-2-6/h6-7H,1-5H2. The van der Waals surface area contributed by atoms with Crippen molar-refractivity contribution < 1.29 is 9.59 Å². The van der Waals surface area contributed by atoms with Crippen LogP contribution in [0.3, 0.4) is 0 Å². The normalized spacial score (nSPS) is 32.4. The summed E-state index contributed by atoms with van der Waals surface area (Å²) < 4.78 is 0. The molecule has 2 aliphatic heterocycles. The van der Waals surface area contributed by atoms with E-state index in [9.17, 15) is 9.59 Å². The van der Waals surface area contributed by atoms with Gasteiger partial charge in [-0.15, -0.1) is 0 Å². The first kappa shape index (κ1) is 8.59. The van der Waals surface area contributed by atoms with Gasteiger partial charge in [-0.05, 0) is 12.8 Å². The second-order valence-corrected chi connectivity index (χ2v) is 5.16. The maximum Gasteiger partial charge on any atom is 0.327 e. The third kappa shape index (κ3) is 1.08. The molecule has 0 N–H and O–H groups in total. The topological polar surface area (TPSA) is 40.6 Å². The average molecular weight is 212 g/mol. The Kier molecular flexibility index (Phi) is 1.77. The number of hydrogen-bond acceptors (Lipinski definition) is 3. The molecule has 2 heterocycles.